The number of thiocarbonyl (C=S) groups is 1. The van der Waals surface area contributed by atoms with Crippen LogP contribution in [0.5, 0.6) is 5.75 Å². The molecule has 0 aliphatic carbocycles. The van der Waals surface area contributed by atoms with Gasteiger partial charge in [-0.05, 0) is 61.8 Å². The van der Waals surface area contributed by atoms with Crippen LogP contribution in [0.3, 0.4) is 0 Å². The third kappa shape index (κ3) is 4.40. The van der Waals surface area contributed by atoms with Crippen molar-refractivity contribution in [3.05, 3.63) is 60.2 Å². The summed E-state index contributed by atoms with van der Waals surface area (Å²) < 4.78 is 5.11. The molecule has 0 saturated carbocycles. The van der Waals surface area contributed by atoms with Crippen LogP contribution in [0, 0.1) is 0 Å². The predicted octanol–water partition coefficient (Wildman–Crippen LogP) is 2.84. The Balaban J connectivity index is 1.59. The van der Waals surface area contributed by atoms with Gasteiger partial charge < -0.3 is 15.4 Å². The van der Waals surface area contributed by atoms with Crippen LogP contribution in [-0.2, 0) is 11.2 Å². The van der Waals surface area contributed by atoms with E-state index in [4.69, 9.17) is 17.0 Å². The lowest BCUT2D eigenvalue weighted by molar-refractivity contribution is -0.132. The zero-order valence-corrected chi connectivity index (χ0v) is 16.5. The standard InChI is InChI=1S/C20H22N4O3S/c1-20(13-12-14-6-4-3-5-7-14)17(25)24(19(26)22-20)23-18(28)21-15-8-10-16(27-2)11-9-15/h3-11H,12-13H2,1-2H3,(H,22,26)(H2,21,23,28)/t20-/m1/s1. The van der Waals surface area contributed by atoms with Crippen LogP contribution in [0.15, 0.2) is 54.6 Å². The fourth-order valence-corrected chi connectivity index (χ4v) is 3.14. The van der Waals surface area contributed by atoms with E-state index in [9.17, 15) is 9.59 Å². The molecular weight excluding hydrogens is 376 g/mol. The van der Waals surface area contributed by atoms with Gasteiger partial charge in [-0.25, -0.2) is 4.79 Å². The van der Waals surface area contributed by atoms with Gasteiger partial charge in [-0.15, -0.1) is 0 Å². The van der Waals surface area contributed by atoms with Gasteiger partial charge in [-0.3, -0.25) is 10.2 Å². The molecule has 2 aromatic carbocycles. The Morgan fingerprint density at radius 1 is 1.14 bits per heavy atom. The Morgan fingerprint density at radius 3 is 2.46 bits per heavy atom. The number of benzene rings is 2. The minimum absolute atomic E-state index is 0.140. The van der Waals surface area contributed by atoms with Crippen molar-refractivity contribution in [2.24, 2.45) is 0 Å². The summed E-state index contributed by atoms with van der Waals surface area (Å²) in [4.78, 5) is 25.1. The fourth-order valence-electron chi connectivity index (χ4n) is 2.93. The summed E-state index contributed by atoms with van der Waals surface area (Å²) in [6.45, 7) is 1.72. The first-order valence-corrected chi connectivity index (χ1v) is 9.24. The maximum atomic E-state index is 12.8. The number of methoxy groups -OCH3 is 1. The number of ether oxygens (including phenoxy) is 1. The number of imide groups is 1. The number of nitrogens with zero attached hydrogens (tertiary/aromatic N) is 1. The average molecular weight is 398 g/mol. The second kappa shape index (κ2) is 8.26. The van der Waals surface area contributed by atoms with Gasteiger partial charge in [0, 0.05) is 5.69 Å². The van der Waals surface area contributed by atoms with Crippen LogP contribution in [0.1, 0.15) is 18.9 Å². The van der Waals surface area contributed by atoms with E-state index in [1.165, 1.54) is 0 Å². The Morgan fingerprint density at radius 2 is 1.82 bits per heavy atom. The van der Waals surface area contributed by atoms with E-state index < -0.39 is 11.6 Å². The number of hydrogen-bond donors (Lipinski definition) is 3. The molecule has 1 saturated heterocycles. The molecule has 0 unspecified atom stereocenters. The van der Waals surface area contributed by atoms with Gasteiger partial charge in [0.1, 0.15) is 11.3 Å². The lowest BCUT2D eigenvalue weighted by Gasteiger charge is -2.22. The van der Waals surface area contributed by atoms with Crippen LogP contribution in [0.2, 0.25) is 0 Å². The summed E-state index contributed by atoms with van der Waals surface area (Å²) in [5, 5.41) is 6.75. The number of nitrogens with one attached hydrogen (secondary N) is 3. The van der Waals surface area contributed by atoms with E-state index in [1.807, 2.05) is 30.3 Å². The van der Waals surface area contributed by atoms with Crippen molar-refractivity contribution in [3.63, 3.8) is 0 Å². The van der Waals surface area contributed by atoms with Gasteiger partial charge in [-0.2, -0.15) is 5.01 Å². The Bertz CT molecular complexity index is 873. The minimum atomic E-state index is -0.990. The van der Waals surface area contributed by atoms with Crippen molar-refractivity contribution in [3.8, 4) is 5.75 Å². The number of carbonyl (C=O) groups excluding carboxylic acids is 2. The number of hydrogen-bond acceptors (Lipinski definition) is 4. The van der Waals surface area contributed by atoms with Crippen molar-refractivity contribution in [1.82, 2.24) is 15.8 Å². The minimum Gasteiger partial charge on any atom is -0.497 e. The highest BCUT2D eigenvalue weighted by atomic mass is 32.1. The molecule has 28 heavy (non-hydrogen) atoms. The van der Waals surface area contributed by atoms with Gasteiger partial charge in [0.2, 0.25) is 0 Å². The highest BCUT2D eigenvalue weighted by Gasteiger charge is 2.48. The number of carbonyl (C=O) groups is 2. The second-order valence-electron chi connectivity index (χ2n) is 6.68. The highest BCUT2D eigenvalue weighted by Crippen LogP contribution is 2.22. The van der Waals surface area contributed by atoms with Crippen LogP contribution in [0.25, 0.3) is 0 Å². The number of urea groups is 1. The van der Waals surface area contributed by atoms with E-state index in [-0.39, 0.29) is 11.0 Å². The molecule has 7 nitrogen and oxygen atoms in total. The molecule has 3 amide bonds. The van der Waals surface area contributed by atoms with Crippen LogP contribution in [0.4, 0.5) is 10.5 Å². The number of amides is 3. The summed E-state index contributed by atoms with van der Waals surface area (Å²) in [5.74, 6) is 0.347. The maximum absolute atomic E-state index is 12.8. The molecule has 3 rings (SSSR count). The van der Waals surface area contributed by atoms with Crippen LogP contribution in [-0.4, -0.2) is 34.7 Å². The summed E-state index contributed by atoms with van der Waals surface area (Å²) in [7, 11) is 1.58. The largest absolute Gasteiger partial charge is 0.497 e. The molecular formula is C20H22N4O3S. The van der Waals surface area contributed by atoms with Crippen molar-refractivity contribution >= 4 is 35.0 Å². The van der Waals surface area contributed by atoms with Crippen molar-refractivity contribution < 1.29 is 14.3 Å². The zero-order chi connectivity index (χ0) is 20.1. The lowest BCUT2D eigenvalue weighted by Crippen LogP contribution is -2.50. The molecule has 1 heterocycles. The zero-order valence-electron chi connectivity index (χ0n) is 15.7. The fraction of sp³-hybridized carbons (Fsp3) is 0.250. The number of aryl methyl sites for hydroxylation is 1. The Kier molecular flexibility index (Phi) is 5.79. The maximum Gasteiger partial charge on any atom is 0.344 e. The van der Waals surface area contributed by atoms with Crippen molar-refractivity contribution in [1.29, 1.82) is 0 Å². The first kappa shape index (κ1) is 19.6. The van der Waals surface area contributed by atoms with Crippen LogP contribution < -0.4 is 20.8 Å². The average Bonchev–Trinajstić information content (AvgIpc) is 2.91. The topological polar surface area (TPSA) is 82.7 Å². The third-order valence-electron chi connectivity index (χ3n) is 4.58. The van der Waals surface area contributed by atoms with Gasteiger partial charge in [0.25, 0.3) is 5.91 Å². The first-order chi connectivity index (χ1) is 13.4. The Labute approximate surface area is 169 Å². The Hall–Kier alpha value is -3.13. The molecule has 0 spiro atoms. The normalized spacial score (nSPS) is 18.6. The monoisotopic (exact) mass is 398 g/mol. The molecule has 1 aliphatic rings. The molecule has 1 fully saturated rings. The van der Waals surface area contributed by atoms with Gasteiger partial charge >= 0.3 is 6.03 Å². The third-order valence-corrected chi connectivity index (χ3v) is 4.77. The van der Waals surface area contributed by atoms with E-state index in [0.29, 0.717) is 24.3 Å². The molecule has 146 valence electrons. The van der Waals surface area contributed by atoms with E-state index in [1.54, 1.807) is 38.3 Å². The smallest absolute Gasteiger partial charge is 0.344 e. The molecule has 0 radical (unpaired) electrons. The lowest BCUT2D eigenvalue weighted by atomic mass is 9.93. The summed E-state index contributed by atoms with van der Waals surface area (Å²) >= 11 is 5.23. The van der Waals surface area contributed by atoms with Crippen molar-refractivity contribution in [2.75, 3.05) is 12.4 Å². The number of rotatable bonds is 6. The SMILES string of the molecule is COc1ccc(NC(=S)NN2C(=O)N[C@](C)(CCc3ccccc3)C2=O)cc1. The predicted molar refractivity (Wildman–Crippen MR) is 111 cm³/mol. The summed E-state index contributed by atoms with van der Waals surface area (Å²) in [6.07, 6.45) is 1.16. The number of hydrazine groups is 1. The number of anilines is 1. The van der Waals surface area contributed by atoms with Crippen molar-refractivity contribution in [2.45, 2.75) is 25.3 Å². The summed E-state index contributed by atoms with van der Waals surface area (Å²) in [6, 6.07) is 16.4. The van der Waals surface area contributed by atoms with E-state index >= 15 is 0 Å². The van der Waals surface area contributed by atoms with E-state index in [0.717, 1.165) is 10.6 Å². The highest BCUT2D eigenvalue weighted by molar-refractivity contribution is 7.80. The molecule has 0 aromatic heterocycles. The van der Waals surface area contributed by atoms with Gasteiger partial charge in [0.15, 0.2) is 5.11 Å². The van der Waals surface area contributed by atoms with Crippen LogP contribution >= 0.6 is 12.2 Å². The molecule has 0 bridgehead atoms. The van der Waals surface area contributed by atoms with Gasteiger partial charge in [-0.1, -0.05) is 30.3 Å². The van der Waals surface area contributed by atoms with Gasteiger partial charge in [0.05, 0.1) is 7.11 Å². The molecule has 8 heteroatoms. The first-order valence-electron chi connectivity index (χ1n) is 8.83. The molecule has 3 N–H and O–H groups in total. The quantitative estimate of drug-likeness (QED) is 0.513. The summed E-state index contributed by atoms with van der Waals surface area (Å²) in [5.41, 5.74) is 3.49. The molecule has 1 atom stereocenters. The molecule has 1 aliphatic heterocycles. The second-order valence-corrected chi connectivity index (χ2v) is 7.09. The van der Waals surface area contributed by atoms with E-state index in [2.05, 4.69) is 16.1 Å². The molecule has 2 aromatic rings.